The minimum Gasteiger partial charge on any atom is -0.378 e. The molecule has 7 heteroatoms. The van der Waals surface area contributed by atoms with Crippen molar-refractivity contribution >= 4 is 17.3 Å². The Hall–Kier alpha value is -2.15. The van der Waals surface area contributed by atoms with Crippen LogP contribution < -0.4 is 10.2 Å². The minimum atomic E-state index is -0.381. The lowest BCUT2D eigenvalue weighted by molar-refractivity contribution is -0.384. The molecule has 1 N–H and O–H groups in total. The number of amides is 1. The van der Waals surface area contributed by atoms with Crippen molar-refractivity contribution in [3.05, 3.63) is 33.9 Å². The first kappa shape index (κ1) is 19.8. The molecular formula is C23H31N3O4. The molecule has 1 aromatic carbocycles. The van der Waals surface area contributed by atoms with Crippen LogP contribution in [0, 0.1) is 26.9 Å². The summed E-state index contributed by atoms with van der Waals surface area (Å²) in [7, 11) is 0. The fraction of sp³-hybridized carbons (Fsp3) is 0.696. The van der Waals surface area contributed by atoms with Gasteiger partial charge >= 0.3 is 0 Å². The second kappa shape index (κ2) is 6.67. The van der Waals surface area contributed by atoms with Gasteiger partial charge in [-0.3, -0.25) is 14.9 Å². The van der Waals surface area contributed by atoms with E-state index in [1.165, 1.54) is 25.3 Å². The van der Waals surface area contributed by atoms with Gasteiger partial charge in [-0.1, -0.05) is 13.8 Å². The number of rotatable bonds is 4. The Kier molecular flexibility index (Phi) is 4.40. The van der Waals surface area contributed by atoms with Gasteiger partial charge in [0.15, 0.2) is 0 Å². The maximum atomic E-state index is 13.2. The maximum absolute atomic E-state index is 13.2. The van der Waals surface area contributed by atoms with Gasteiger partial charge < -0.3 is 15.0 Å². The number of anilines is 1. The van der Waals surface area contributed by atoms with Crippen molar-refractivity contribution in [3.63, 3.8) is 0 Å². The van der Waals surface area contributed by atoms with Crippen molar-refractivity contribution in [3.8, 4) is 0 Å². The highest BCUT2D eigenvalue weighted by atomic mass is 16.6. The third-order valence-electron chi connectivity index (χ3n) is 7.79. The van der Waals surface area contributed by atoms with E-state index in [0.717, 1.165) is 19.3 Å². The molecule has 1 amide bonds. The average Bonchev–Trinajstić information content (AvgIpc) is 2.65. The van der Waals surface area contributed by atoms with Crippen molar-refractivity contribution in [2.45, 2.75) is 57.9 Å². The van der Waals surface area contributed by atoms with Crippen molar-refractivity contribution < 1.29 is 14.5 Å². The predicted octanol–water partition coefficient (Wildman–Crippen LogP) is 3.91. The molecule has 5 aliphatic rings. The molecule has 30 heavy (non-hydrogen) atoms. The summed E-state index contributed by atoms with van der Waals surface area (Å²) in [5, 5.41) is 15.1. The number of carbonyl (C=O) groups excluding carboxylic acids is 1. The Bertz CT molecular complexity index is 876. The Morgan fingerprint density at radius 3 is 2.40 bits per heavy atom. The van der Waals surface area contributed by atoms with Crippen molar-refractivity contribution in [1.29, 1.82) is 0 Å². The highest BCUT2D eigenvalue weighted by Gasteiger charge is 2.60. The summed E-state index contributed by atoms with van der Waals surface area (Å²) >= 11 is 0. The number of nitro benzene ring substituents is 1. The molecule has 1 aliphatic heterocycles. The Morgan fingerprint density at radius 2 is 1.80 bits per heavy atom. The Balaban J connectivity index is 1.40. The highest BCUT2D eigenvalue weighted by Crippen LogP contribution is 2.66. The van der Waals surface area contributed by atoms with E-state index in [0.29, 0.717) is 54.3 Å². The molecule has 4 saturated carbocycles. The van der Waals surface area contributed by atoms with E-state index in [1.807, 2.05) is 4.90 Å². The lowest BCUT2D eigenvalue weighted by Gasteiger charge is -2.65. The smallest absolute Gasteiger partial charge is 0.293 e. The van der Waals surface area contributed by atoms with Gasteiger partial charge in [0.05, 0.1) is 18.1 Å². The molecular weight excluding hydrogens is 382 g/mol. The molecule has 6 rings (SSSR count). The summed E-state index contributed by atoms with van der Waals surface area (Å²) in [4.78, 5) is 26.6. The van der Waals surface area contributed by atoms with Crippen LogP contribution in [0.1, 0.15) is 62.7 Å². The summed E-state index contributed by atoms with van der Waals surface area (Å²) in [6.45, 7) is 7.10. The van der Waals surface area contributed by atoms with Crippen LogP contribution in [-0.4, -0.2) is 42.7 Å². The standard InChI is InChI=1S/C23H31N3O4/c1-21-10-16-11-22(2,13-21)15-23(12-16,14-21)24-20(27)17-3-4-18(19(9-17)26(28)29)25-5-7-30-8-6-25/h3-4,9,16H,5-8,10-15H2,1-2H3,(H,24,27)/t16?,21-,22-,23?/m1/s1. The monoisotopic (exact) mass is 413 g/mol. The van der Waals surface area contributed by atoms with Crippen LogP contribution in [0.4, 0.5) is 11.4 Å². The maximum Gasteiger partial charge on any atom is 0.293 e. The number of morpholine rings is 1. The van der Waals surface area contributed by atoms with E-state index in [1.54, 1.807) is 12.1 Å². The van der Waals surface area contributed by atoms with Gasteiger partial charge in [0.2, 0.25) is 0 Å². The lowest BCUT2D eigenvalue weighted by Crippen LogP contribution is -2.65. The highest BCUT2D eigenvalue weighted by molar-refractivity contribution is 5.96. The van der Waals surface area contributed by atoms with E-state index in [2.05, 4.69) is 19.2 Å². The van der Waals surface area contributed by atoms with E-state index in [-0.39, 0.29) is 22.1 Å². The molecule has 0 unspecified atom stereocenters. The number of benzene rings is 1. The van der Waals surface area contributed by atoms with E-state index < -0.39 is 0 Å². The molecule has 0 aromatic heterocycles. The zero-order valence-corrected chi connectivity index (χ0v) is 17.9. The van der Waals surface area contributed by atoms with Gasteiger partial charge in [-0.25, -0.2) is 0 Å². The first-order chi connectivity index (χ1) is 14.2. The van der Waals surface area contributed by atoms with E-state index in [9.17, 15) is 14.9 Å². The van der Waals surface area contributed by atoms with Gasteiger partial charge in [-0.05, 0) is 67.4 Å². The molecule has 2 atom stereocenters. The third kappa shape index (κ3) is 3.37. The van der Waals surface area contributed by atoms with Crippen molar-refractivity contribution in [2.24, 2.45) is 16.7 Å². The Morgan fingerprint density at radius 1 is 1.13 bits per heavy atom. The summed E-state index contributed by atoms with van der Waals surface area (Å²) in [6.07, 6.45) is 6.85. The van der Waals surface area contributed by atoms with Gasteiger partial charge in [-0.2, -0.15) is 0 Å². The number of nitro groups is 1. The first-order valence-electron chi connectivity index (χ1n) is 11.1. The van der Waals surface area contributed by atoms with Gasteiger partial charge in [-0.15, -0.1) is 0 Å². The van der Waals surface area contributed by atoms with Crippen molar-refractivity contribution in [1.82, 2.24) is 5.32 Å². The molecule has 5 fully saturated rings. The minimum absolute atomic E-state index is 0.00557. The van der Waals surface area contributed by atoms with Gasteiger partial charge in [0, 0.05) is 30.3 Å². The summed E-state index contributed by atoms with van der Waals surface area (Å²) in [5.41, 5.74) is 1.37. The topological polar surface area (TPSA) is 84.7 Å². The fourth-order valence-corrected chi connectivity index (χ4v) is 7.78. The van der Waals surface area contributed by atoms with Crippen LogP contribution in [0.5, 0.6) is 0 Å². The third-order valence-corrected chi connectivity index (χ3v) is 7.79. The van der Waals surface area contributed by atoms with Crippen LogP contribution in [0.15, 0.2) is 18.2 Å². The second-order valence-corrected chi connectivity index (χ2v) is 10.9. The molecule has 1 heterocycles. The lowest BCUT2D eigenvalue weighted by atomic mass is 9.43. The SMILES string of the molecule is C[C@]12CC3CC(NC(=O)c4ccc(N5CCOCC5)c([N+](=O)[O-])c4)(C1)C[C@](C)(C3)C2. The van der Waals surface area contributed by atoms with Crippen LogP contribution in [0.25, 0.3) is 0 Å². The summed E-state index contributed by atoms with van der Waals surface area (Å²) < 4.78 is 5.36. The molecule has 0 spiro atoms. The van der Waals surface area contributed by atoms with Crippen LogP contribution >= 0.6 is 0 Å². The zero-order chi connectivity index (χ0) is 21.1. The predicted molar refractivity (Wildman–Crippen MR) is 114 cm³/mol. The summed E-state index contributed by atoms with van der Waals surface area (Å²) in [5.74, 6) is 0.496. The molecule has 1 aromatic rings. The largest absolute Gasteiger partial charge is 0.378 e. The number of hydrogen-bond acceptors (Lipinski definition) is 5. The average molecular weight is 414 g/mol. The molecule has 4 aliphatic carbocycles. The zero-order valence-electron chi connectivity index (χ0n) is 17.9. The van der Waals surface area contributed by atoms with Crippen LogP contribution in [-0.2, 0) is 4.74 Å². The molecule has 4 bridgehead atoms. The van der Waals surface area contributed by atoms with Crippen LogP contribution in [0.2, 0.25) is 0 Å². The second-order valence-electron chi connectivity index (χ2n) is 10.9. The number of carbonyl (C=O) groups is 1. The number of nitrogens with one attached hydrogen (secondary N) is 1. The fourth-order valence-electron chi connectivity index (χ4n) is 7.78. The Labute approximate surface area is 177 Å². The van der Waals surface area contributed by atoms with E-state index in [4.69, 9.17) is 4.74 Å². The quantitative estimate of drug-likeness (QED) is 0.598. The molecule has 1 saturated heterocycles. The normalized spacial score (nSPS) is 37.3. The number of nitrogens with zero attached hydrogens (tertiary/aromatic N) is 2. The van der Waals surface area contributed by atoms with Gasteiger partial charge in [0.1, 0.15) is 5.69 Å². The molecule has 162 valence electrons. The van der Waals surface area contributed by atoms with Crippen molar-refractivity contribution in [2.75, 3.05) is 31.2 Å². The van der Waals surface area contributed by atoms with Crippen LogP contribution in [0.3, 0.4) is 0 Å². The summed E-state index contributed by atoms with van der Waals surface area (Å²) in [6, 6.07) is 4.90. The molecule has 0 radical (unpaired) electrons. The molecule has 7 nitrogen and oxygen atoms in total. The number of ether oxygens (including phenoxy) is 1. The number of hydrogen-bond donors (Lipinski definition) is 1. The van der Waals surface area contributed by atoms with Gasteiger partial charge in [0.25, 0.3) is 11.6 Å². The first-order valence-corrected chi connectivity index (χ1v) is 11.1. The van der Waals surface area contributed by atoms with E-state index >= 15 is 0 Å².